The lowest BCUT2D eigenvalue weighted by atomic mass is 10.1. The van der Waals surface area contributed by atoms with E-state index in [0.717, 1.165) is 17.7 Å². The van der Waals surface area contributed by atoms with Crippen LogP contribution in [0, 0.1) is 5.92 Å². The molecule has 1 unspecified atom stereocenters. The van der Waals surface area contributed by atoms with Gasteiger partial charge in [0.1, 0.15) is 0 Å². The fourth-order valence-corrected chi connectivity index (χ4v) is 3.47. The van der Waals surface area contributed by atoms with Gasteiger partial charge in [-0.3, -0.25) is 9.59 Å². The van der Waals surface area contributed by atoms with Crippen molar-refractivity contribution >= 4 is 46.4 Å². The van der Waals surface area contributed by atoms with E-state index in [1.54, 1.807) is 23.1 Å². The van der Waals surface area contributed by atoms with Gasteiger partial charge in [-0.25, -0.2) is 0 Å². The quantitative estimate of drug-likeness (QED) is 0.850. The summed E-state index contributed by atoms with van der Waals surface area (Å²) in [5.41, 5.74) is 2.48. The van der Waals surface area contributed by atoms with E-state index >= 15 is 0 Å². The topological polar surface area (TPSA) is 49.4 Å². The van der Waals surface area contributed by atoms with Gasteiger partial charge in [-0.2, -0.15) is 0 Å². The number of para-hydroxylation sites is 1. The van der Waals surface area contributed by atoms with Crippen LogP contribution in [0.4, 0.5) is 11.4 Å². The molecular formula is C19H18Cl2N2O2. The molecule has 0 saturated carbocycles. The highest BCUT2D eigenvalue weighted by Gasteiger charge is 2.35. The molecule has 25 heavy (non-hydrogen) atoms. The average molecular weight is 377 g/mol. The molecule has 0 aromatic heterocycles. The minimum atomic E-state index is -0.413. The van der Waals surface area contributed by atoms with Crippen molar-refractivity contribution in [2.24, 2.45) is 5.92 Å². The highest BCUT2D eigenvalue weighted by atomic mass is 35.5. The number of benzene rings is 2. The summed E-state index contributed by atoms with van der Waals surface area (Å²) < 4.78 is 0. The zero-order valence-electron chi connectivity index (χ0n) is 13.8. The first-order valence-corrected chi connectivity index (χ1v) is 8.89. The van der Waals surface area contributed by atoms with Gasteiger partial charge in [0.15, 0.2) is 0 Å². The van der Waals surface area contributed by atoms with Crippen molar-refractivity contribution in [1.82, 2.24) is 0 Å². The first-order valence-electron chi connectivity index (χ1n) is 8.13. The van der Waals surface area contributed by atoms with E-state index < -0.39 is 5.92 Å². The highest BCUT2D eigenvalue weighted by molar-refractivity contribution is 6.36. The van der Waals surface area contributed by atoms with Gasteiger partial charge in [0.25, 0.3) is 0 Å². The first kappa shape index (κ1) is 17.8. The number of halogens is 2. The van der Waals surface area contributed by atoms with E-state index in [4.69, 9.17) is 23.2 Å². The summed E-state index contributed by atoms with van der Waals surface area (Å²) in [6.07, 6.45) is 1.02. The summed E-state index contributed by atoms with van der Waals surface area (Å²) in [4.78, 5) is 26.7. The van der Waals surface area contributed by atoms with Crippen LogP contribution < -0.4 is 10.2 Å². The van der Waals surface area contributed by atoms with Gasteiger partial charge in [0.2, 0.25) is 11.8 Å². The molecule has 3 rings (SSSR count). The SMILES string of the molecule is CCc1ccccc1N1CC(C(=O)Nc2ccc(Cl)cc2Cl)CC1=O. The second-order valence-corrected chi connectivity index (χ2v) is 6.84. The van der Waals surface area contributed by atoms with Crippen LogP contribution in [0.1, 0.15) is 18.9 Å². The second kappa shape index (κ2) is 7.46. The number of nitrogens with one attached hydrogen (secondary N) is 1. The molecule has 0 aliphatic carbocycles. The van der Waals surface area contributed by atoms with E-state index in [2.05, 4.69) is 5.32 Å². The average Bonchev–Trinajstić information content (AvgIpc) is 2.99. The molecule has 2 amide bonds. The van der Waals surface area contributed by atoms with Crippen LogP contribution >= 0.6 is 23.2 Å². The van der Waals surface area contributed by atoms with E-state index in [9.17, 15) is 9.59 Å². The van der Waals surface area contributed by atoms with E-state index in [1.807, 2.05) is 31.2 Å². The summed E-state index contributed by atoms with van der Waals surface area (Å²) in [7, 11) is 0. The highest BCUT2D eigenvalue weighted by Crippen LogP contribution is 2.30. The molecule has 1 aliphatic rings. The summed E-state index contributed by atoms with van der Waals surface area (Å²) in [6, 6.07) is 12.7. The maximum Gasteiger partial charge on any atom is 0.229 e. The number of rotatable bonds is 4. The Morgan fingerprint density at radius 3 is 2.72 bits per heavy atom. The van der Waals surface area contributed by atoms with Gasteiger partial charge in [0, 0.05) is 23.7 Å². The second-order valence-electron chi connectivity index (χ2n) is 6.00. The molecule has 0 radical (unpaired) electrons. The van der Waals surface area contributed by atoms with E-state index in [1.165, 1.54) is 0 Å². The number of amides is 2. The third-order valence-corrected chi connectivity index (χ3v) is 4.90. The largest absolute Gasteiger partial charge is 0.324 e. The Hall–Kier alpha value is -2.04. The summed E-state index contributed by atoms with van der Waals surface area (Å²) in [5, 5.41) is 3.67. The number of nitrogens with zero attached hydrogens (tertiary/aromatic N) is 1. The van der Waals surface area contributed by atoms with Crippen LogP contribution in [-0.2, 0) is 16.0 Å². The third-order valence-electron chi connectivity index (χ3n) is 4.35. The maximum absolute atomic E-state index is 12.5. The van der Waals surface area contributed by atoms with Crippen LogP contribution in [0.25, 0.3) is 0 Å². The fourth-order valence-electron chi connectivity index (χ4n) is 3.01. The maximum atomic E-state index is 12.5. The predicted molar refractivity (Wildman–Crippen MR) is 101 cm³/mol. The van der Waals surface area contributed by atoms with E-state index in [0.29, 0.717) is 22.3 Å². The molecule has 1 atom stereocenters. The fraction of sp³-hybridized carbons (Fsp3) is 0.263. The van der Waals surface area contributed by atoms with Crippen LogP contribution in [0.3, 0.4) is 0 Å². The Bertz CT molecular complexity index is 823. The standard InChI is InChI=1S/C19H18Cl2N2O2/c1-2-12-5-3-4-6-17(12)23-11-13(9-18(23)24)19(25)22-16-8-7-14(20)10-15(16)21/h3-8,10,13H,2,9,11H2,1H3,(H,22,25). The van der Waals surface area contributed by atoms with Crippen molar-refractivity contribution in [1.29, 1.82) is 0 Å². The van der Waals surface area contributed by atoms with Gasteiger partial charge in [0.05, 0.1) is 16.6 Å². The monoisotopic (exact) mass is 376 g/mol. The minimum absolute atomic E-state index is 0.0387. The molecule has 1 fully saturated rings. The molecule has 1 heterocycles. The van der Waals surface area contributed by atoms with Crippen LogP contribution in [-0.4, -0.2) is 18.4 Å². The lowest BCUT2D eigenvalue weighted by Gasteiger charge is -2.20. The van der Waals surface area contributed by atoms with Gasteiger partial charge < -0.3 is 10.2 Å². The van der Waals surface area contributed by atoms with Gasteiger partial charge >= 0.3 is 0 Å². The Balaban J connectivity index is 1.74. The number of aryl methyl sites for hydroxylation is 1. The number of hydrogen-bond donors (Lipinski definition) is 1. The lowest BCUT2D eigenvalue weighted by Crippen LogP contribution is -2.28. The van der Waals surface area contributed by atoms with E-state index in [-0.39, 0.29) is 18.2 Å². The van der Waals surface area contributed by atoms with Crippen LogP contribution in [0.2, 0.25) is 10.0 Å². The number of carbonyl (C=O) groups excluding carboxylic acids is 2. The predicted octanol–water partition coefficient (Wildman–Crippen LogP) is 4.55. The molecule has 130 valence electrons. The van der Waals surface area contributed by atoms with Gasteiger partial charge in [-0.15, -0.1) is 0 Å². The zero-order valence-corrected chi connectivity index (χ0v) is 15.3. The molecule has 0 bridgehead atoms. The molecule has 1 saturated heterocycles. The molecular weight excluding hydrogens is 359 g/mol. The van der Waals surface area contributed by atoms with Crippen LogP contribution in [0.5, 0.6) is 0 Å². The normalized spacial score (nSPS) is 17.0. The Labute approximate surface area is 156 Å². The smallest absolute Gasteiger partial charge is 0.229 e. The van der Waals surface area contributed by atoms with Crippen LogP contribution in [0.15, 0.2) is 42.5 Å². The molecule has 4 nitrogen and oxygen atoms in total. The van der Waals surface area contributed by atoms with Crippen molar-refractivity contribution in [3.05, 3.63) is 58.1 Å². The van der Waals surface area contributed by atoms with Crippen molar-refractivity contribution in [3.63, 3.8) is 0 Å². The third kappa shape index (κ3) is 3.80. The van der Waals surface area contributed by atoms with Gasteiger partial charge in [-0.05, 0) is 36.2 Å². The molecule has 1 aliphatic heterocycles. The number of hydrogen-bond acceptors (Lipinski definition) is 2. The number of anilines is 2. The molecule has 0 spiro atoms. The van der Waals surface area contributed by atoms with Crippen molar-refractivity contribution in [2.75, 3.05) is 16.8 Å². The zero-order chi connectivity index (χ0) is 18.0. The Kier molecular flexibility index (Phi) is 5.30. The molecule has 6 heteroatoms. The molecule has 2 aromatic rings. The molecule has 1 N–H and O–H groups in total. The summed E-state index contributed by atoms with van der Waals surface area (Å²) in [6.45, 7) is 2.42. The number of carbonyl (C=O) groups is 2. The Morgan fingerprint density at radius 2 is 2.00 bits per heavy atom. The van der Waals surface area contributed by atoms with Crippen molar-refractivity contribution in [3.8, 4) is 0 Å². The Morgan fingerprint density at radius 1 is 1.24 bits per heavy atom. The molecule has 2 aromatic carbocycles. The lowest BCUT2D eigenvalue weighted by molar-refractivity contribution is -0.122. The van der Waals surface area contributed by atoms with Gasteiger partial charge in [-0.1, -0.05) is 48.3 Å². The summed E-state index contributed by atoms with van der Waals surface area (Å²) in [5.74, 6) is -0.665. The first-order chi connectivity index (χ1) is 12.0. The minimum Gasteiger partial charge on any atom is -0.324 e. The summed E-state index contributed by atoms with van der Waals surface area (Å²) >= 11 is 12.0. The van der Waals surface area contributed by atoms with Crippen molar-refractivity contribution in [2.45, 2.75) is 19.8 Å². The van der Waals surface area contributed by atoms with Crippen molar-refractivity contribution < 1.29 is 9.59 Å².